The Kier molecular flexibility index (Phi) is 6.12. The van der Waals surface area contributed by atoms with Crippen LogP contribution < -0.4 is 15.8 Å². The van der Waals surface area contributed by atoms with Crippen LogP contribution in [0.2, 0.25) is 0 Å². The van der Waals surface area contributed by atoms with Crippen molar-refractivity contribution in [3.05, 3.63) is 35.4 Å². The number of hydrogen-bond acceptors (Lipinski definition) is 5. The van der Waals surface area contributed by atoms with E-state index >= 15 is 0 Å². The van der Waals surface area contributed by atoms with Crippen LogP contribution in [0.3, 0.4) is 0 Å². The summed E-state index contributed by atoms with van der Waals surface area (Å²) in [5.41, 5.74) is 6.12. The summed E-state index contributed by atoms with van der Waals surface area (Å²) in [6, 6.07) is 6.16. The average Bonchev–Trinajstić information content (AvgIpc) is 2.46. The Morgan fingerprint density at radius 3 is 2.67 bits per heavy atom. The lowest BCUT2D eigenvalue weighted by Crippen LogP contribution is -2.34. The summed E-state index contributed by atoms with van der Waals surface area (Å²) in [4.78, 5) is 11.9. The minimum atomic E-state index is -3.37. The summed E-state index contributed by atoms with van der Waals surface area (Å²) in [5.74, 6) is -0.749. The van der Waals surface area contributed by atoms with Gasteiger partial charge in [0.15, 0.2) is 5.84 Å². The molecule has 1 aromatic carbocycles. The molecule has 21 heavy (non-hydrogen) atoms. The van der Waals surface area contributed by atoms with Gasteiger partial charge in [0.1, 0.15) is 0 Å². The molecule has 0 atom stereocenters. The molecule has 8 nitrogen and oxygen atoms in total. The summed E-state index contributed by atoms with van der Waals surface area (Å²) in [6.45, 7) is 1.97. The van der Waals surface area contributed by atoms with Gasteiger partial charge in [-0.15, -0.1) is 0 Å². The number of amidine groups is 1. The van der Waals surface area contributed by atoms with E-state index in [2.05, 4.69) is 15.2 Å². The lowest BCUT2D eigenvalue weighted by molar-refractivity contribution is 0.0956. The van der Waals surface area contributed by atoms with Crippen LogP contribution in [0, 0.1) is 0 Å². The Morgan fingerprint density at radius 2 is 2.05 bits per heavy atom. The molecule has 1 rings (SSSR count). The van der Waals surface area contributed by atoms with Gasteiger partial charge in [-0.05, 0) is 12.1 Å². The van der Waals surface area contributed by atoms with Gasteiger partial charge in [-0.1, -0.05) is 24.2 Å². The van der Waals surface area contributed by atoms with Gasteiger partial charge in [0.05, 0.1) is 5.75 Å². The number of oxime groups is 1. The Hall–Kier alpha value is -2.13. The standard InChI is InChI=1S/C12H18N4O4S/c1-2-15-21(19,20)7-6-14-12(17)10-5-3-4-9(8-10)11(13)16-18/h3-5,8,15,18H,2,6-7H2,1H3,(H2,13,16)(H,14,17). The van der Waals surface area contributed by atoms with Crippen molar-refractivity contribution in [3.8, 4) is 0 Å². The first-order chi connectivity index (χ1) is 9.89. The number of hydrogen-bond donors (Lipinski definition) is 4. The monoisotopic (exact) mass is 314 g/mol. The molecule has 1 amide bonds. The number of rotatable bonds is 7. The van der Waals surface area contributed by atoms with Gasteiger partial charge in [0, 0.05) is 24.2 Å². The minimum absolute atomic E-state index is 0.0119. The van der Waals surface area contributed by atoms with E-state index < -0.39 is 15.9 Å². The third-order valence-corrected chi connectivity index (χ3v) is 4.02. The molecule has 0 bridgehead atoms. The molecule has 0 aliphatic rings. The van der Waals surface area contributed by atoms with E-state index in [4.69, 9.17) is 10.9 Å². The van der Waals surface area contributed by atoms with Crippen molar-refractivity contribution < 1.29 is 18.4 Å². The molecule has 0 aliphatic carbocycles. The molecular formula is C12H18N4O4S. The van der Waals surface area contributed by atoms with Crippen LogP contribution in [0.5, 0.6) is 0 Å². The van der Waals surface area contributed by atoms with Crippen molar-refractivity contribution in [1.82, 2.24) is 10.0 Å². The van der Waals surface area contributed by atoms with Crippen molar-refractivity contribution in [2.24, 2.45) is 10.9 Å². The molecule has 0 spiro atoms. The van der Waals surface area contributed by atoms with E-state index in [1.807, 2.05) is 0 Å². The van der Waals surface area contributed by atoms with Gasteiger partial charge in [-0.2, -0.15) is 0 Å². The van der Waals surface area contributed by atoms with Crippen LogP contribution in [0.1, 0.15) is 22.8 Å². The fraction of sp³-hybridized carbons (Fsp3) is 0.333. The minimum Gasteiger partial charge on any atom is -0.409 e. The Bertz CT molecular complexity index is 628. The van der Waals surface area contributed by atoms with E-state index in [9.17, 15) is 13.2 Å². The number of nitrogens with one attached hydrogen (secondary N) is 2. The third-order valence-electron chi connectivity index (χ3n) is 2.55. The van der Waals surface area contributed by atoms with Gasteiger partial charge < -0.3 is 16.3 Å². The van der Waals surface area contributed by atoms with Gasteiger partial charge in [0.2, 0.25) is 10.0 Å². The molecule has 0 saturated heterocycles. The number of carbonyl (C=O) groups excluding carboxylic acids is 1. The van der Waals surface area contributed by atoms with Gasteiger partial charge in [-0.3, -0.25) is 4.79 Å². The van der Waals surface area contributed by atoms with E-state index in [0.717, 1.165) is 0 Å². The first kappa shape index (κ1) is 16.9. The van der Waals surface area contributed by atoms with E-state index in [-0.39, 0.29) is 18.1 Å². The average molecular weight is 314 g/mol. The smallest absolute Gasteiger partial charge is 0.251 e. The predicted octanol–water partition coefficient (Wildman–Crippen LogP) is -0.550. The van der Waals surface area contributed by atoms with Gasteiger partial charge in [-0.25, -0.2) is 13.1 Å². The summed E-state index contributed by atoms with van der Waals surface area (Å²) in [7, 11) is -3.37. The second kappa shape index (κ2) is 7.60. The number of amides is 1. The highest BCUT2D eigenvalue weighted by atomic mass is 32.2. The first-order valence-electron chi connectivity index (χ1n) is 6.23. The van der Waals surface area contributed by atoms with E-state index in [1.54, 1.807) is 25.1 Å². The number of nitrogens with two attached hydrogens (primary N) is 1. The van der Waals surface area contributed by atoms with Crippen molar-refractivity contribution in [3.63, 3.8) is 0 Å². The molecule has 1 aromatic rings. The quantitative estimate of drug-likeness (QED) is 0.232. The second-order valence-corrected chi connectivity index (χ2v) is 6.07. The number of carbonyl (C=O) groups is 1. The molecule has 0 fully saturated rings. The van der Waals surface area contributed by atoms with Crippen molar-refractivity contribution >= 4 is 21.8 Å². The number of sulfonamides is 1. The van der Waals surface area contributed by atoms with Crippen LogP contribution in [0.25, 0.3) is 0 Å². The molecule has 0 radical (unpaired) electrons. The topological polar surface area (TPSA) is 134 Å². The zero-order valence-corrected chi connectivity index (χ0v) is 12.4. The molecule has 0 aromatic heterocycles. The second-order valence-electron chi connectivity index (χ2n) is 4.14. The molecular weight excluding hydrogens is 296 g/mol. The summed E-state index contributed by atoms with van der Waals surface area (Å²) in [6.07, 6.45) is 0. The SMILES string of the molecule is CCNS(=O)(=O)CCNC(=O)c1cccc(/C(N)=N/O)c1. The highest BCUT2D eigenvalue weighted by molar-refractivity contribution is 7.89. The zero-order valence-electron chi connectivity index (χ0n) is 11.5. The zero-order chi connectivity index (χ0) is 15.9. The van der Waals surface area contributed by atoms with Crippen LogP contribution in [-0.2, 0) is 10.0 Å². The molecule has 0 saturated carbocycles. The molecule has 5 N–H and O–H groups in total. The molecule has 0 unspecified atom stereocenters. The normalized spacial score (nSPS) is 12.1. The summed E-state index contributed by atoms with van der Waals surface area (Å²) >= 11 is 0. The molecule has 9 heteroatoms. The lowest BCUT2D eigenvalue weighted by Gasteiger charge is -2.07. The van der Waals surface area contributed by atoms with Gasteiger partial charge >= 0.3 is 0 Å². The fourth-order valence-corrected chi connectivity index (χ4v) is 2.53. The largest absolute Gasteiger partial charge is 0.409 e. The van der Waals surface area contributed by atoms with Crippen molar-refractivity contribution in [2.45, 2.75) is 6.92 Å². The Morgan fingerprint density at radius 1 is 1.38 bits per heavy atom. The molecule has 116 valence electrons. The Labute approximate surface area is 123 Å². The molecule has 0 heterocycles. The van der Waals surface area contributed by atoms with Crippen LogP contribution in [-0.4, -0.2) is 44.2 Å². The van der Waals surface area contributed by atoms with Crippen molar-refractivity contribution in [2.75, 3.05) is 18.8 Å². The summed E-state index contributed by atoms with van der Waals surface area (Å²) < 4.78 is 25.1. The van der Waals surface area contributed by atoms with Crippen LogP contribution in [0.15, 0.2) is 29.4 Å². The maximum absolute atomic E-state index is 11.9. The number of benzene rings is 1. The Balaban J connectivity index is 2.65. The first-order valence-corrected chi connectivity index (χ1v) is 7.88. The lowest BCUT2D eigenvalue weighted by atomic mass is 10.1. The highest BCUT2D eigenvalue weighted by Crippen LogP contribution is 2.05. The van der Waals surface area contributed by atoms with E-state index in [1.165, 1.54) is 6.07 Å². The maximum Gasteiger partial charge on any atom is 0.251 e. The van der Waals surface area contributed by atoms with E-state index in [0.29, 0.717) is 17.7 Å². The third kappa shape index (κ3) is 5.40. The predicted molar refractivity (Wildman–Crippen MR) is 78.7 cm³/mol. The van der Waals surface area contributed by atoms with Crippen LogP contribution in [0.4, 0.5) is 0 Å². The van der Waals surface area contributed by atoms with Crippen LogP contribution >= 0.6 is 0 Å². The summed E-state index contributed by atoms with van der Waals surface area (Å²) in [5, 5.41) is 13.9. The van der Waals surface area contributed by atoms with Gasteiger partial charge in [0.25, 0.3) is 5.91 Å². The van der Waals surface area contributed by atoms with Crippen molar-refractivity contribution in [1.29, 1.82) is 0 Å². The fourth-order valence-electron chi connectivity index (χ4n) is 1.57. The highest BCUT2D eigenvalue weighted by Gasteiger charge is 2.11. The number of nitrogens with zero attached hydrogens (tertiary/aromatic N) is 1. The molecule has 0 aliphatic heterocycles. The maximum atomic E-state index is 11.9.